The Labute approximate surface area is 237 Å². The average Bonchev–Trinajstić information content (AvgIpc) is 2.92. The maximum atomic E-state index is 12.7. The minimum atomic E-state index is 0.114. The summed E-state index contributed by atoms with van der Waals surface area (Å²) in [5.74, 6) is 0. The summed E-state index contributed by atoms with van der Waals surface area (Å²) < 4.78 is 0. The summed E-state index contributed by atoms with van der Waals surface area (Å²) in [5, 5.41) is 6.31. The van der Waals surface area contributed by atoms with Gasteiger partial charge < -0.3 is 20.4 Å². The van der Waals surface area contributed by atoms with Gasteiger partial charge in [-0.1, -0.05) is 118 Å². The molecule has 0 aliphatic carbocycles. The van der Waals surface area contributed by atoms with Crippen LogP contribution in [-0.4, -0.2) is 61.1 Å². The summed E-state index contributed by atoms with van der Waals surface area (Å²) in [4.78, 5) is 29.5. The van der Waals surface area contributed by atoms with Crippen LogP contribution in [0.2, 0.25) is 0 Å². The van der Waals surface area contributed by atoms with E-state index in [-0.39, 0.29) is 12.1 Å². The summed E-state index contributed by atoms with van der Waals surface area (Å²) in [5.41, 5.74) is 0. The van der Waals surface area contributed by atoms with Gasteiger partial charge in [0, 0.05) is 39.3 Å². The van der Waals surface area contributed by atoms with Crippen LogP contribution < -0.4 is 10.6 Å². The topological polar surface area (TPSA) is 64.7 Å². The normalized spacial score (nSPS) is 10.9. The van der Waals surface area contributed by atoms with Crippen molar-refractivity contribution in [3.8, 4) is 0 Å². The van der Waals surface area contributed by atoms with Crippen LogP contribution >= 0.6 is 0 Å². The van der Waals surface area contributed by atoms with Gasteiger partial charge in [0.1, 0.15) is 0 Å². The van der Waals surface area contributed by atoms with Gasteiger partial charge in [0.2, 0.25) is 0 Å². The molecule has 6 nitrogen and oxygen atoms in total. The van der Waals surface area contributed by atoms with Gasteiger partial charge in [-0.3, -0.25) is 0 Å². The van der Waals surface area contributed by atoms with Crippen LogP contribution in [0.3, 0.4) is 0 Å². The standard InChI is InChI=1S/C32H66N4O2/c1-5-9-13-21-27-35(28-22-14-10-6-2)31(37)33-25-19-17-18-20-26-34-32(38)36(29-23-15-11-7-3)30-24-16-12-8-4/h5-30H2,1-4H3,(H,33,37)(H,34,38). The van der Waals surface area contributed by atoms with Gasteiger partial charge in [0.05, 0.1) is 0 Å². The van der Waals surface area contributed by atoms with Crippen LogP contribution in [0.5, 0.6) is 0 Å². The third kappa shape index (κ3) is 22.5. The molecule has 2 N–H and O–H groups in total. The van der Waals surface area contributed by atoms with Gasteiger partial charge >= 0.3 is 12.1 Å². The van der Waals surface area contributed by atoms with Crippen LogP contribution in [-0.2, 0) is 0 Å². The Morgan fingerprint density at radius 2 is 0.658 bits per heavy atom. The molecule has 0 aliphatic heterocycles. The first kappa shape index (κ1) is 36.5. The molecule has 38 heavy (non-hydrogen) atoms. The first-order valence-electron chi connectivity index (χ1n) is 16.7. The molecule has 0 rings (SSSR count). The van der Waals surface area contributed by atoms with Crippen molar-refractivity contribution in [2.45, 2.75) is 156 Å². The summed E-state index contributed by atoms with van der Waals surface area (Å²) in [6.45, 7) is 13.9. The van der Waals surface area contributed by atoms with Crippen molar-refractivity contribution in [3.05, 3.63) is 0 Å². The molecule has 0 unspecified atom stereocenters. The predicted molar refractivity (Wildman–Crippen MR) is 165 cm³/mol. The number of carbonyl (C=O) groups is 2. The number of hydrogen-bond donors (Lipinski definition) is 2. The van der Waals surface area contributed by atoms with E-state index in [0.29, 0.717) is 0 Å². The van der Waals surface area contributed by atoms with Crippen molar-refractivity contribution in [1.29, 1.82) is 0 Å². The minimum absolute atomic E-state index is 0.114. The minimum Gasteiger partial charge on any atom is -0.338 e. The molecule has 4 amide bonds. The zero-order valence-corrected chi connectivity index (χ0v) is 26.1. The van der Waals surface area contributed by atoms with Crippen molar-refractivity contribution in [3.63, 3.8) is 0 Å². The molecular weight excluding hydrogens is 472 g/mol. The second kappa shape index (κ2) is 28.5. The third-order valence-electron chi connectivity index (χ3n) is 7.36. The third-order valence-corrected chi connectivity index (χ3v) is 7.36. The van der Waals surface area contributed by atoms with Crippen LogP contribution in [0.1, 0.15) is 156 Å². The zero-order valence-electron chi connectivity index (χ0n) is 26.1. The number of rotatable bonds is 27. The monoisotopic (exact) mass is 539 g/mol. The molecule has 0 aromatic rings. The summed E-state index contributed by atoms with van der Waals surface area (Å²) in [7, 11) is 0. The predicted octanol–water partition coefficient (Wildman–Crippen LogP) is 8.89. The lowest BCUT2D eigenvalue weighted by Crippen LogP contribution is -2.41. The molecule has 0 aromatic heterocycles. The van der Waals surface area contributed by atoms with Crippen molar-refractivity contribution >= 4 is 12.1 Å². The highest BCUT2D eigenvalue weighted by atomic mass is 16.2. The lowest BCUT2D eigenvalue weighted by Gasteiger charge is -2.23. The van der Waals surface area contributed by atoms with E-state index in [2.05, 4.69) is 38.3 Å². The molecule has 0 aliphatic rings. The lowest BCUT2D eigenvalue weighted by atomic mass is 10.1. The molecule has 0 radical (unpaired) electrons. The quantitative estimate of drug-likeness (QED) is 0.103. The average molecular weight is 539 g/mol. The highest BCUT2D eigenvalue weighted by Gasteiger charge is 2.13. The molecule has 0 atom stereocenters. The van der Waals surface area contributed by atoms with E-state index in [1.165, 1.54) is 77.0 Å². The SMILES string of the molecule is CCCCCCN(CCCCCC)C(=O)NCCCCCCNC(=O)N(CCCCCC)CCCCCC. The van der Waals surface area contributed by atoms with Crippen LogP contribution in [0.25, 0.3) is 0 Å². The first-order chi connectivity index (χ1) is 18.6. The maximum Gasteiger partial charge on any atom is 0.317 e. The molecule has 0 aromatic carbocycles. The Bertz CT molecular complexity index is 460. The van der Waals surface area contributed by atoms with Gasteiger partial charge in [-0.2, -0.15) is 0 Å². The van der Waals surface area contributed by atoms with E-state index in [9.17, 15) is 9.59 Å². The number of nitrogens with one attached hydrogen (secondary N) is 2. The number of amides is 4. The first-order valence-corrected chi connectivity index (χ1v) is 16.7. The Hall–Kier alpha value is -1.46. The fourth-order valence-corrected chi connectivity index (χ4v) is 4.77. The number of nitrogens with zero attached hydrogens (tertiary/aromatic N) is 2. The Balaban J connectivity index is 4.13. The molecule has 0 fully saturated rings. The maximum absolute atomic E-state index is 12.7. The summed E-state index contributed by atoms with van der Waals surface area (Å²) >= 11 is 0. The van der Waals surface area contributed by atoms with Crippen LogP contribution in [0, 0.1) is 0 Å². The molecule has 0 spiro atoms. The second-order valence-electron chi connectivity index (χ2n) is 11.1. The van der Waals surface area contributed by atoms with Crippen LogP contribution in [0.4, 0.5) is 9.59 Å². The fraction of sp³-hybridized carbons (Fsp3) is 0.938. The lowest BCUT2D eigenvalue weighted by molar-refractivity contribution is 0.194. The van der Waals surface area contributed by atoms with Gasteiger partial charge in [-0.15, -0.1) is 0 Å². The zero-order chi connectivity index (χ0) is 28.1. The number of unbranched alkanes of at least 4 members (excludes halogenated alkanes) is 15. The van der Waals surface area contributed by atoms with Gasteiger partial charge in [-0.05, 0) is 38.5 Å². The molecule has 0 saturated carbocycles. The molecule has 226 valence electrons. The van der Waals surface area contributed by atoms with E-state index in [0.717, 1.165) is 90.6 Å². The van der Waals surface area contributed by atoms with E-state index >= 15 is 0 Å². The van der Waals surface area contributed by atoms with Gasteiger partial charge in [0.25, 0.3) is 0 Å². The number of carbonyl (C=O) groups excluding carboxylic acids is 2. The van der Waals surface area contributed by atoms with E-state index in [1.807, 2.05) is 9.80 Å². The van der Waals surface area contributed by atoms with E-state index in [1.54, 1.807) is 0 Å². The number of urea groups is 2. The van der Waals surface area contributed by atoms with Crippen molar-refractivity contribution in [2.75, 3.05) is 39.3 Å². The Morgan fingerprint density at radius 3 is 0.921 bits per heavy atom. The molecule has 0 saturated heterocycles. The van der Waals surface area contributed by atoms with E-state index in [4.69, 9.17) is 0 Å². The largest absolute Gasteiger partial charge is 0.338 e. The molecule has 0 heterocycles. The summed E-state index contributed by atoms with van der Waals surface area (Å²) in [6.07, 6.45) is 23.3. The highest BCUT2D eigenvalue weighted by Crippen LogP contribution is 2.08. The molecular formula is C32H66N4O2. The van der Waals surface area contributed by atoms with Crippen molar-refractivity contribution in [2.24, 2.45) is 0 Å². The van der Waals surface area contributed by atoms with Crippen LogP contribution in [0.15, 0.2) is 0 Å². The van der Waals surface area contributed by atoms with Crippen molar-refractivity contribution < 1.29 is 9.59 Å². The Morgan fingerprint density at radius 1 is 0.395 bits per heavy atom. The molecule has 6 heteroatoms. The molecule has 0 bridgehead atoms. The Kier molecular flexibility index (Phi) is 27.4. The van der Waals surface area contributed by atoms with E-state index < -0.39 is 0 Å². The fourth-order valence-electron chi connectivity index (χ4n) is 4.77. The van der Waals surface area contributed by atoms with Gasteiger partial charge in [0.15, 0.2) is 0 Å². The highest BCUT2D eigenvalue weighted by molar-refractivity contribution is 5.74. The number of hydrogen-bond acceptors (Lipinski definition) is 2. The smallest absolute Gasteiger partial charge is 0.317 e. The summed E-state index contributed by atoms with van der Waals surface area (Å²) in [6, 6.07) is 0.228. The second-order valence-corrected chi connectivity index (χ2v) is 11.1. The van der Waals surface area contributed by atoms with Gasteiger partial charge in [-0.25, -0.2) is 9.59 Å². The van der Waals surface area contributed by atoms with Crippen molar-refractivity contribution in [1.82, 2.24) is 20.4 Å².